The second-order valence-corrected chi connectivity index (χ2v) is 3.32. The van der Waals surface area contributed by atoms with Gasteiger partial charge in [0.05, 0.1) is 19.5 Å². The van der Waals surface area contributed by atoms with Gasteiger partial charge in [0, 0.05) is 0 Å². The summed E-state index contributed by atoms with van der Waals surface area (Å²) in [6, 6.07) is -0.714. The molecule has 0 aliphatic heterocycles. The van der Waals surface area contributed by atoms with Crippen LogP contribution in [0.2, 0.25) is 0 Å². The van der Waals surface area contributed by atoms with Gasteiger partial charge in [-0.2, -0.15) is 0 Å². The lowest BCUT2D eigenvalue weighted by molar-refractivity contribution is -0.142. The number of hydrogen-bond acceptors (Lipinski definition) is 4. The van der Waals surface area contributed by atoms with Crippen molar-refractivity contribution in [2.45, 2.75) is 25.8 Å². The Kier molecular flexibility index (Phi) is 7.11. The first-order valence-corrected chi connectivity index (χ1v) is 4.91. The summed E-state index contributed by atoms with van der Waals surface area (Å²) in [4.78, 5) is 14.6. The molecule has 0 aliphatic carbocycles. The molecular formula is C10H18FN3O2. The Morgan fingerprint density at radius 3 is 2.75 bits per heavy atom. The Balaban J connectivity index is 3.91. The van der Waals surface area contributed by atoms with Crippen LogP contribution in [0.25, 0.3) is 0 Å². The van der Waals surface area contributed by atoms with Gasteiger partial charge in [-0.3, -0.25) is 9.79 Å². The molecule has 0 radical (unpaired) electrons. The highest BCUT2D eigenvalue weighted by Gasteiger charge is 2.11. The molecule has 0 heterocycles. The highest BCUT2D eigenvalue weighted by molar-refractivity contribution is 5.77. The number of allylic oxidation sites excluding steroid dienone is 1. The molecule has 0 aromatic rings. The standard InChI is InChI=1S/C10H18FN3O2/c1-7(12)14-6-8(11)4-3-5-9(13)10(15)16-2/h4,9H,3,5-6,13H2,1-2H3,(H2,12,14)/b8-4-. The van der Waals surface area contributed by atoms with Crippen LogP contribution in [0.5, 0.6) is 0 Å². The van der Waals surface area contributed by atoms with E-state index in [2.05, 4.69) is 9.73 Å². The van der Waals surface area contributed by atoms with Crippen LogP contribution < -0.4 is 11.5 Å². The number of ether oxygens (including phenoxy) is 1. The molecule has 92 valence electrons. The maximum atomic E-state index is 13.0. The molecule has 0 spiro atoms. The molecule has 0 bridgehead atoms. The van der Waals surface area contributed by atoms with Crippen molar-refractivity contribution in [3.63, 3.8) is 0 Å². The lowest BCUT2D eigenvalue weighted by Crippen LogP contribution is -2.31. The minimum Gasteiger partial charge on any atom is -0.468 e. The molecule has 1 atom stereocenters. The number of esters is 1. The van der Waals surface area contributed by atoms with Crippen LogP contribution in [0.1, 0.15) is 19.8 Å². The molecule has 5 nitrogen and oxygen atoms in total. The monoisotopic (exact) mass is 231 g/mol. The molecular weight excluding hydrogens is 213 g/mol. The van der Waals surface area contributed by atoms with E-state index in [0.29, 0.717) is 18.7 Å². The maximum Gasteiger partial charge on any atom is 0.322 e. The van der Waals surface area contributed by atoms with Crippen LogP contribution in [-0.4, -0.2) is 31.5 Å². The summed E-state index contributed by atoms with van der Waals surface area (Å²) in [5.41, 5.74) is 10.7. The molecule has 0 amide bonds. The Morgan fingerprint density at radius 2 is 2.25 bits per heavy atom. The zero-order chi connectivity index (χ0) is 12.6. The smallest absolute Gasteiger partial charge is 0.322 e. The summed E-state index contributed by atoms with van der Waals surface area (Å²) in [7, 11) is 1.26. The van der Waals surface area contributed by atoms with E-state index in [4.69, 9.17) is 11.5 Å². The summed E-state index contributed by atoms with van der Waals surface area (Å²) in [6.07, 6.45) is 2.04. The van der Waals surface area contributed by atoms with Crippen LogP contribution in [-0.2, 0) is 9.53 Å². The summed E-state index contributed by atoms with van der Waals surface area (Å²) < 4.78 is 17.5. The Bertz CT molecular complexity index is 286. The van der Waals surface area contributed by atoms with Gasteiger partial charge in [0.2, 0.25) is 0 Å². The number of rotatable bonds is 6. The molecule has 16 heavy (non-hydrogen) atoms. The molecule has 0 aromatic carbocycles. The molecule has 4 N–H and O–H groups in total. The van der Waals surface area contributed by atoms with Gasteiger partial charge in [-0.25, -0.2) is 4.39 Å². The van der Waals surface area contributed by atoms with E-state index in [9.17, 15) is 9.18 Å². The number of amidine groups is 1. The predicted molar refractivity (Wildman–Crippen MR) is 60.6 cm³/mol. The SMILES string of the molecule is COC(=O)C(N)CC/C=C(\F)CN=C(C)N. The Morgan fingerprint density at radius 1 is 1.62 bits per heavy atom. The summed E-state index contributed by atoms with van der Waals surface area (Å²) in [5.74, 6) is -0.554. The first-order chi connectivity index (χ1) is 7.47. The third kappa shape index (κ3) is 6.94. The number of nitrogens with zero attached hydrogens (tertiary/aromatic N) is 1. The molecule has 0 aromatic heterocycles. The number of halogens is 1. The highest BCUT2D eigenvalue weighted by Crippen LogP contribution is 2.04. The van der Waals surface area contributed by atoms with Crippen molar-refractivity contribution >= 4 is 11.8 Å². The molecule has 6 heteroatoms. The number of carbonyl (C=O) groups is 1. The average Bonchev–Trinajstić information content (AvgIpc) is 2.24. The fourth-order valence-corrected chi connectivity index (χ4v) is 0.954. The number of methoxy groups -OCH3 is 1. The van der Waals surface area contributed by atoms with Crippen molar-refractivity contribution in [3.8, 4) is 0 Å². The normalized spacial score (nSPS) is 14.8. The van der Waals surface area contributed by atoms with Crippen molar-refractivity contribution in [3.05, 3.63) is 11.9 Å². The van der Waals surface area contributed by atoms with E-state index in [1.807, 2.05) is 0 Å². The van der Waals surface area contributed by atoms with Gasteiger partial charge < -0.3 is 16.2 Å². The summed E-state index contributed by atoms with van der Waals surface area (Å²) in [6.45, 7) is 1.51. The van der Waals surface area contributed by atoms with Crippen molar-refractivity contribution < 1.29 is 13.9 Å². The number of nitrogens with two attached hydrogens (primary N) is 2. The fraction of sp³-hybridized carbons (Fsp3) is 0.600. The summed E-state index contributed by atoms with van der Waals surface area (Å²) in [5, 5.41) is 0. The van der Waals surface area contributed by atoms with Gasteiger partial charge in [-0.1, -0.05) is 6.08 Å². The van der Waals surface area contributed by atoms with E-state index in [-0.39, 0.29) is 12.4 Å². The first-order valence-electron chi connectivity index (χ1n) is 4.91. The molecule has 0 fully saturated rings. The van der Waals surface area contributed by atoms with Crippen molar-refractivity contribution in [2.75, 3.05) is 13.7 Å². The van der Waals surface area contributed by atoms with Crippen LogP contribution in [0.4, 0.5) is 4.39 Å². The van der Waals surface area contributed by atoms with Crippen LogP contribution in [0.3, 0.4) is 0 Å². The topological polar surface area (TPSA) is 90.7 Å². The number of hydrogen-bond donors (Lipinski definition) is 2. The predicted octanol–water partition coefficient (Wildman–Crippen LogP) is 0.497. The first kappa shape index (κ1) is 14.6. The lowest BCUT2D eigenvalue weighted by atomic mass is 10.1. The van der Waals surface area contributed by atoms with E-state index in [0.717, 1.165) is 0 Å². The van der Waals surface area contributed by atoms with Crippen LogP contribution >= 0.6 is 0 Å². The molecule has 0 saturated heterocycles. The second kappa shape index (κ2) is 7.81. The lowest BCUT2D eigenvalue weighted by Gasteiger charge is -2.06. The minimum atomic E-state index is -0.714. The minimum absolute atomic E-state index is 0.0736. The molecule has 1 unspecified atom stereocenters. The third-order valence-electron chi connectivity index (χ3n) is 1.83. The van der Waals surface area contributed by atoms with Crippen molar-refractivity contribution in [1.82, 2.24) is 0 Å². The molecule has 0 saturated carbocycles. The average molecular weight is 231 g/mol. The fourth-order valence-electron chi connectivity index (χ4n) is 0.954. The highest BCUT2D eigenvalue weighted by atomic mass is 19.1. The zero-order valence-corrected chi connectivity index (χ0v) is 9.57. The third-order valence-corrected chi connectivity index (χ3v) is 1.83. The van der Waals surface area contributed by atoms with Crippen molar-refractivity contribution in [1.29, 1.82) is 0 Å². The Hall–Kier alpha value is -1.43. The van der Waals surface area contributed by atoms with Crippen LogP contribution in [0.15, 0.2) is 16.9 Å². The van der Waals surface area contributed by atoms with Gasteiger partial charge in [-0.05, 0) is 19.8 Å². The van der Waals surface area contributed by atoms with Gasteiger partial charge in [0.25, 0.3) is 0 Å². The Labute approximate surface area is 94.3 Å². The maximum absolute atomic E-state index is 13.0. The quantitative estimate of drug-likeness (QED) is 0.395. The van der Waals surface area contributed by atoms with Crippen molar-refractivity contribution in [2.24, 2.45) is 16.5 Å². The van der Waals surface area contributed by atoms with Gasteiger partial charge in [0.1, 0.15) is 11.9 Å². The number of carbonyl (C=O) groups excluding carboxylic acids is 1. The van der Waals surface area contributed by atoms with E-state index >= 15 is 0 Å². The van der Waals surface area contributed by atoms with E-state index < -0.39 is 12.0 Å². The number of aliphatic imine (C=N–C) groups is 1. The molecule has 0 aliphatic rings. The second-order valence-electron chi connectivity index (χ2n) is 3.32. The van der Waals surface area contributed by atoms with Gasteiger partial charge in [-0.15, -0.1) is 0 Å². The van der Waals surface area contributed by atoms with Gasteiger partial charge >= 0.3 is 5.97 Å². The summed E-state index contributed by atoms with van der Waals surface area (Å²) >= 11 is 0. The zero-order valence-electron chi connectivity index (χ0n) is 9.57. The largest absolute Gasteiger partial charge is 0.468 e. The van der Waals surface area contributed by atoms with Crippen LogP contribution in [0, 0.1) is 0 Å². The molecule has 0 rings (SSSR count). The van der Waals surface area contributed by atoms with E-state index in [1.165, 1.54) is 13.2 Å². The van der Waals surface area contributed by atoms with E-state index in [1.54, 1.807) is 6.92 Å². The van der Waals surface area contributed by atoms with Gasteiger partial charge in [0.15, 0.2) is 0 Å².